The Labute approximate surface area is 168 Å². The summed E-state index contributed by atoms with van der Waals surface area (Å²) in [6.45, 7) is 11.9. The number of ether oxygens (including phenoxy) is 3. The van der Waals surface area contributed by atoms with Gasteiger partial charge in [-0.1, -0.05) is 39.3 Å². The van der Waals surface area contributed by atoms with Gasteiger partial charge in [-0.3, -0.25) is 9.59 Å². The van der Waals surface area contributed by atoms with Gasteiger partial charge in [-0.2, -0.15) is 0 Å². The third kappa shape index (κ3) is 4.05. The molecular formula is C23H34O5. The fourth-order valence-electron chi connectivity index (χ4n) is 5.78. The van der Waals surface area contributed by atoms with E-state index in [1.807, 2.05) is 6.92 Å². The average Bonchev–Trinajstić information content (AvgIpc) is 2.89. The molecule has 0 spiro atoms. The molecule has 0 radical (unpaired) electrons. The van der Waals surface area contributed by atoms with Crippen molar-refractivity contribution in [2.45, 2.75) is 86.2 Å². The smallest absolute Gasteiger partial charge is 0.304 e. The summed E-state index contributed by atoms with van der Waals surface area (Å²) in [6.07, 6.45) is 8.54. The van der Waals surface area contributed by atoms with Gasteiger partial charge in [0.25, 0.3) is 0 Å². The van der Waals surface area contributed by atoms with E-state index in [0.29, 0.717) is 5.41 Å². The SMILES string of the molecule is CC=C1C([C@@]2(C)CCCC(C)(C)C2)=CC[C@H]2[C@H](OC(C)=O)O[C@H](OC(C)=O)[C@@H]12. The summed E-state index contributed by atoms with van der Waals surface area (Å²) in [4.78, 5) is 23.2. The largest absolute Gasteiger partial charge is 0.435 e. The molecule has 5 nitrogen and oxygen atoms in total. The van der Waals surface area contributed by atoms with Gasteiger partial charge in [0.1, 0.15) is 0 Å². The van der Waals surface area contributed by atoms with Crippen molar-refractivity contribution in [2.75, 3.05) is 0 Å². The van der Waals surface area contributed by atoms with Gasteiger partial charge in [0.2, 0.25) is 12.6 Å². The van der Waals surface area contributed by atoms with E-state index < -0.39 is 12.6 Å². The van der Waals surface area contributed by atoms with Crippen LogP contribution in [0.2, 0.25) is 0 Å². The summed E-state index contributed by atoms with van der Waals surface area (Å²) in [5, 5.41) is 0. The molecule has 0 amide bonds. The minimum absolute atomic E-state index is 0.0385. The van der Waals surface area contributed by atoms with E-state index in [2.05, 4.69) is 32.9 Å². The summed E-state index contributed by atoms with van der Waals surface area (Å²) in [6, 6.07) is 0. The van der Waals surface area contributed by atoms with Gasteiger partial charge in [0.05, 0.1) is 5.92 Å². The van der Waals surface area contributed by atoms with Gasteiger partial charge < -0.3 is 14.2 Å². The quantitative estimate of drug-likeness (QED) is 0.641. The number of rotatable bonds is 3. The molecule has 3 aliphatic rings. The minimum Gasteiger partial charge on any atom is -0.435 e. The van der Waals surface area contributed by atoms with Gasteiger partial charge in [0, 0.05) is 19.8 Å². The van der Waals surface area contributed by atoms with Crippen LogP contribution in [0.1, 0.15) is 73.6 Å². The zero-order valence-corrected chi connectivity index (χ0v) is 18.0. The lowest BCUT2D eigenvalue weighted by Crippen LogP contribution is -2.38. The molecule has 0 aromatic heterocycles. The first-order chi connectivity index (χ1) is 13.1. The molecule has 3 rings (SSSR count). The molecule has 156 valence electrons. The standard InChI is InChI=1S/C23H34O5/c1-7-16-18(23(6)12-8-11-22(4,5)13-23)10-9-17-19(16)21(27-15(3)25)28-20(17)26-14(2)24/h7,10,17,19-21H,8-9,11-13H2,1-6H3/t17-,19+,20-,21+,23+/m1/s1. The topological polar surface area (TPSA) is 61.8 Å². The molecule has 0 aromatic rings. The van der Waals surface area contributed by atoms with E-state index in [1.54, 1.807) is 0 Å². The molecule has 0 N–H and O–H groups in total. The van der Waals surface area contributed by atoms with Crippen molar-refractivity contribution >= 4 is 11.9 Å². The van der Waals surface area contributed by atoms with Crippen molar-refractivity contribution in [3.05, 3.63) is 23.3 Å². The van der Waals surface area contributed by atoms with Gasteiger partial charge in [-0.15, -0.1) is 0 Å². The van der Waals surface area contributed by atoms with Crippen LogP contribution in [0, 0.1) is 22.7 Å². The lowest BCUT2D eigenvalue weighted by atomic mass is 9.57. The van der Waals surface area contributed by atoms with Crippen molar-refractivity contribution in [1.82, 2.24) is 0 Å². The van der Waals surface area contributed by atoms with Crippen LogP contribution >= 0.6 is 0 Å². The summed E-state index contributed by atoms with van der Waals surface area (Å²) in [7, 11) is 0. The Hall–Kier alpha value is -1.62. The molecule has 1 aliphatic heterocycles. The first-order valence-corrected chi connectivity index (χ1v) is 10.4. The molecule has 5 atom stereocenters. The molecule has 0 unspecified atom stereocenters. The van der Waals surface area contributed by atoms with Crippen LogP contribution < -0.4 is 0 Å². The number of carbonyl (C=O) groups is 2. The number of hydrogen-bond acceptors (Lipinski definition) is 5. The molecule has 2 aliphatic carbocycles. The molecule has 1 heterocycles. The van der Waals surface area contributed by atoms with Crippen LogP contribution in [-0.2, 0) is 23.8 Å². The lowest BCUT2D eigenvalue weighted by Gasteiger charge is -2.47. The maximum atomic E-state index is 11.7. The number of esters is 2. The predicted octanol–water partition coefficient (Wildman–Crippen LogP) is 4.91. The molecule has 1 saturated heterocycles. The molecular weight excluding hydrogens is 356 g/mol. The average molecular weight is 391 g/mol. The highest BCUT2D eigenvalue weighted by molar-refractivity contribution is 5.67. The predicted molar refractivity (Wildman–Crippen MR) is 106 cm³/mol. The van der Waals surface area contributed by atoms with E-state index in [0.717, 1.165) is 19.3 Å². The van der Waals surface area contributed by atoms with E-state index in [1.165, 1.54) is 37.8 Å². The number of fused-ring (bicyclic) bond motifs is 1. The fourth-order valence-corrected chi connectivity index (χ4v) is 5.78. The van der Waals surface area contributed by atoms with Gasteiger partial charge in [0.15, 0.2) is 0 Å². The summed E-state index contributed by atoms with van der Waals surface area (Å²) in [5.41, 5.74) is 2.94. The highest BCUT2D eigenvalue weighted by Crippen LogP contribution is 2.56. The van der Waals surface area contributed by atoms with E-state index in [9.17, 15) is 9.59 Å². The molecule has 0 bridgehead atoms. The van der Waals surface area contributed by atoms with E-state index in [4.69, 9.17) is 14.2 Å². The monoisotopic (exact) mass is 390 g/mol. The third-order valence-corrected chi connectivity index (χ3v) is 6.61. The Morgan fingerprint density at radius 1 is 1.11 bits per heavy atom. The highest BCUT2D eigenvalue weighted by Gasteiger charge is 2.53. The van der Waals surface area contributed by atoms with Crippen LogP contribution in [0.15, 0.2) is 23.3 Å². The zero-order chi connectivity index (χ0) is 20.7. The fraction of sp³-hybridized carbons (Fsp3) is 0.739. The summed E-state index contributed by atoms with van der Waals surface area (Å²) < 4.78 is 16.8. The second-order valence-electron chi connectivity index (χ2n) is 9.63. The van der Waals surface area contributed by atoms with E-state index >= 15 is 0 Å². The van der Waals surface area contributed by atoms with Crippen molar-refractivity contribution in [3.63, 3.8) is 0 Å². The Balaban J connectivity index is 1.96. The van der Waals surface area contributed by atoms with Crippen molar-refractivity contribution < 1.29 is 23.8 Å². The Morgan fingerprint density at radius 3 is 2.32 bits per heavy atom. The third-order valence-electron chi connectivity index (χ3n) is 6.61. The van der Waals surface area contributed by atoms with Crippen LogP contribution in [-0.4, -0.2) is 24.5 Å². The zero-order valence-electron chi connectivity index (χ0n) is 18.0. The van der Waals surface area contributed by atoms with Gasteiger partial charge in [-0.25, -0.2) is 0 Å². The van der Waals surface area contributed by atoms with Crippen LogP contribution in [0.4, 0.5) is 0 Å². The first-order valence-electron chi connectivity index (χ1n) is 10.4. The van der Waals surface area contributed by atoms with Crippen LogP contribution in [0.3, 0.4) is 0 Å². The number of carbonyl (C=O) groups excluding carboxylic acids is 2. The summed E-state index contributed by atoms with van der Waals surface area (Å²) in [5.74, 6) is -0.919. The first kappa shape index (κ1) is 21.1. The minimum atomic E-state index is -0.720. The number of allylic oxidation sites excluding steroid dienone is 3. The Morgan fingerprint density at radius 2 is 1.75 bits per heavy atom. The Bertz CT molecular complexity index is 704. The van der Waals surface area contributed by atoms with Gasteiger partial charge >= 0.3 is 11.9 Å². The maximum Gasteiger partial charge on any atom is 0.304 e. The molecule has 0 aromatic carbocycles. The number of hydrogen-bond donors (Lipinski definition) is 0. The summed E-state index contributed by atoms with van der Waals surface area (Å²) >= 11 is 0. The molecule has 1 saturated carbocycles. The van der Waals surface area contributed by atoms with Crippen LogP contribution in [0.5, 0.6) is 0 Å². The van der Waals surface area contributed by atoms with Crippen LogP contribution in [0.25, 0.3) is 0 Å². The molecule has 2 fully saturated rings. The van der Waals surface area contributed by atoms with E-state index in [-0.39, 0.29) is 29.2 Å². The maximum absolute atomic E-state index is 11.7. The highest BCUT2D eigenvalue weighted by atomic mass is 16.8. The normalized spacial score (nSPS) is 38.5. The van der Waals surface area contributed by atoms with Crippen molar-refractivity contribution in [3.8, 4) is 0 Å². The molecule has 28 heavy (non-hydrogen) atoms. The lowest BCUT2D eigenvalue weighted by molar-refractivity contribution is -0.213. The van der Waals surface area contributed by atoms with Crippen molar-refractivity contribution in [1.29, 1.82) is 0 Å². The van der Waals surface area contributed by atoms with Gasteiger partial charge in [-0.05, 0) is 54.6 Å². The second kappa shape index (κ2) is 7.66. The Kier molecular flexibility index (Phi) is 5.77. The second-order valence-corrected chi connectivity index (χ2v) is 9.63. The van der Waals surface area contributed by atoms with Crippen molar-refractivity contribution in [2.24, 2.45) is 22.7 Å². The molecule has 5 heteroatoms.